The lowest BCUT2D eigenvalue weighted by atomic mass is 9.87. The van der Waals surface area contributed by atoms with Crippen molar-refractivity contribution in [2.24, 2.45) is 5.73 Å². The van der Waals surface area contributed by atoms with Crippen LogP contribution in [0, 0.1) is 0 Å². The van der Waals surface area contributed by atoms with Gasteiger partial charge in [0.1, 0.15) is 11.6 Å². The van der Waals surface area contributed by atoms with Crippen molar-refractivity contribution < 1.29 is 13.6 Å². The summed E-state index contributed by atoms with van der Waals surface area (Å²) in [4.78, 5) is 20.1. The van der Waals surface area contributed by atoms with Gasteiger partial charge in [-0.05, 0) is 44.2 Å². The third-order valence-corrected chi connectivity index (χ3v) is 4.61. The predicted molar refractivity (Wildman–Crippen MR) is 99.3 cm³/mol. The maximum Gasteiger partial charge on any atom is 0.265 e. The summed E-state index contributed by atoms with van der Waals surface area (Å²) in [5, 5.41) is 8.77. The monoisotopic (exact) mass is 376 g/mol. The maximum atomic E-state index is 14.2. The van der Waals surface area contributed by atoms with Crippen LogP contribution in [0.25, 0.3) is 0 Å². The highest BCUT2D eigenvalue weighted by atomic mass is 19.3. The van der Waals surface area contributed by atoms with Crippen LogP contribution in [0.1, 0.15) is 29.6 Å². The van der Waals surface area contributed by atoms with E-state index in [1.54, 1.807) is 30.6 Å². The van der Waals surface area contributed by atoms with Gasteiger partial charge < -0.3 is 21.7 Å². The number of nitrogens with two attached hydrogens (primary N) is 1. The van der Waals surface area contributed by atoms with E-state index in [4.69, 9.17) is 5.73 Å². The number of alkyl halides is 2. The Morgan fingerprint density at radius 1 is 1.33 bits per heavy atom. The molecule has 9 heteroatoms. The van der Waals surface area contributed by atoms with E-state index in [0.29, 0.717) is 24.3 Å². The van der Waals surface area contributed by atoms with Gasteiger partial charge in [-0.3, -0.25) is 9.78 Å². The van der Waals surface area contributed by atoms with Gasteiger partial charge in [-0.1, -0.05) is 0 Å². The fourth-order valence-corrected chi connectivity index (χ4v) is 3.34. The molecule has 1 amide bonds. The molecule has 0 bridgehead atoms. The number of nitrogens with zero attached hydrogens (tertiary/aromatic N) is 2. The molecule has 3 rings (SSSR count). The van der Waals surface area contributed by atoms with Gasteiger partial charge in [0.15, 0.2) is 0 Å². The van der Waals surface area contributed by atoms with E-state index in [1.807, 2.05) is 0 Å². The van der Waals surface area contributed by atoms with E-state index in [2.05, 4.69) is 25.9 Å². The van der Waals surface area contributed by atoms with Gasteiger partial charge in [0.25, 0.3) is 11.8 Å². The van der Waals surface area contributed by atoms with Gasteiger partial charge in [0.2, 0.25) is 0 Å². The zero-order valence-corrected chi connectivity index (χ0v) is 14.9. The zero-order valence-electron chi connectivity index (χ0n) is 14.9. The third kappa shape index (κ3) is 4.30. The molecule has 0 aliphatic heterocycles. The minimum atomic E-state index is -2.80. The van der Waals surface area contributed by atoms with E-state index in [1.165, 1.54) is 13.1 Å². The average molecular weight is 376 g/mol. The first-order valence-electron chi connectivity index (χ1n) is 8.70. The molecule has 27 heavy (non-hydrogen) atoms. The Bertz CT molecular complexity index is 802. The smallest absolute Gasteiger partial charge is 0.265 e. The van der Waals surface area contributed by atoms with E-state index < -0.39 is 23.9 Å². The fraction of sp³-hybridized carbons (Fsp3) is 0.389. The number of aromatic nitrogens is 2. The number of anilines is 3. The van der Waals surface area contributed by atoms with Crippen molar-refractivity contribution >= 4 is 23.2 Å². The van der Waals surface area contributed by atoms with Crippen LogP contribution in [-0.2, 0) is 0 Å². The maximum absolute atomic E-state index is 14.2. The summed E-state index contributed by atoms with van der Waals surface area (Å²) in [6.07, 6.45) is 4.06. The van der Waals surface area contributed by atoms with Gasteiger partial charge in [0.05, 0.1) is 23.5 Å². The van der Waals surface area contributed by atoms with Crippen LogP contribution in [0.5, 0.6) is 0 Å². The van der Waals surface area contributed by atoms with E-state index in [0.717, 1.165) is 0 Å². The Hall–Kier alpha value is -2.81. The Balaban J connectivity index is 1.86. The van der Waals surface area contributed by atoms with Crippen LogP contribution in [0.3, 0.4) is 0 Å². The lowest BCUT2D eigenvalue weighted by molar-refractivity contribution is -0.0654. The van der Waals surface area contributed by atoms with Gasteiger partial charge in [0, 0.05) is 18.7 Å². The van der Waals surface area contributed by atoms with Crippen molar-refractivity contribution in [3.63, 3.8) is 0 Å². The number of hydrogen-bond donors (Lipinski definition) is 4. The Kier molecular flexibility index (Phi) is 5.50. The molecule has 1 saturated carbocycles. The van der Waals surface area contributed by atoms with Gasteiger partial charge in [-0.25, -0.2) is 13.8 Å². The second-order valence-electron chi connectivity index (χ2n) is 6.49. The van der Waals surface area contributed by atoms with Crippen molar-refractivity contribution in [3.8, 4) is 0 Å². The quantitative estimate of drug-likeness (QED) is 0.617. The summed E-state index contributed by atoms with van der Waals surface area (Å²) in [5.41, 5.74) is 6.24. The van der Waals surface area contributed by atoms with Crippen molar-refractivity contribution in [1.82, 2.24) is 15.3 Å². The second-order valence-corrected chi connectivity index (χ2v) is 6.49. The number of rotatable bonds is 6. The van der Waals surface area contributed by atoms with Crippen LogP contribution >= 0.6 is 0 Å². The van der Waals surface area contributed by atoms with Crippen molar-refractivity contribution in [2.75, 3.05) is 17.7 Å². The SMILES string of the molecule is CN[C@@H]1C(Nc2ccc(C(N)=O)c(Nc3cccnc3)n2)CCCC1(F)F. The first kappa shape index (κ1) is 19.0. The summed E-state index contributed by atoms with van der Waals surface area (Å²) >= 11 is 0. The first-order chi connectivity index (χ1) is 12.9. The molecular weight excluding hydrogens is 354 g/mol. The molecule has 2 aromatic heterocycles. The lowest BCUT2D eigenvalue weighted by Crippen LogP contribution is -2.56. The minimum Gasteiger partial charge on any atom is -0.365 e. The molecule has 0 saturated heterocycles. The van der Waals surface area contributed by atoms with Gasteiger partial charge in [-0.15, -0.1) is 0 Å². The number of amides is 1. The molecule has 144 valence electrons. The fourth-order valence-electron chi connectivity index (χ4n) is 3.34. The molecular formula is C18H22F2N6O. The average Bonchev–Trinajstić information content (AvgIpc) is 2.62. The number of likely N-dealkylation sites (N-methyl/N-ethyl adjacent to an activating group) is 1. The van der Waals surface area contributed by atoms with Crippen molar-refractivity contribution in [1.29, 1.82) is 0 Å². The standard InChI is InChI=1S/C18H22F2N6O/c1-22-15-13(5-2-8-18(15,19)20)25-14-7-6-12(16(21)27)17(26-14)24-11-4-3-9-23-10-11/h3-4,6-7,9-10,13,15,22H,2,5,8H2,1H3,(H2,21,27)(H2,24,25,26)/t13?,15-/m1/s1. The number of hydrogen-bond acceptors (Lipinski definition) is 6. The summed E-state index contributed by atoms with van der Waals surface area (Å²) in [5.74, 6) is -2.81. The Morgan fingerprint density at radius 3 is 2.81 bits per heavy atom. The molecule has 2 atom stereocenters. The molecule has 7 nitrogen and oxygen atoms in total. The van der Waals surface area contributed by atoms with E-state index >= 15 is 0 Å². The molecule has 0 aromatic carbocycles. The van der Waals surface area contributed by atoms with Crippen LogP contribution in [0.4, 0.5) is 26.1 Å². The van der Waals surface area contributed by atoms with Crippen molar-refractivity contribution in [3.05, 3.63) is 42.2 Å². The number of nitrogens with one attached hydrogen (secondary N) is 3. The van der Waals surface area contributed by atoms with Crippen LogP contribution in [-0.4, -0.2) is 40.9 Å². The number of primary amides is 1. The molecule has 1 aliphatic rings. The molecule has 5 N–H and O–H groups in total. The number of carbonyl (C=O) groups excluding carboxylic acids is 1. The highest BCUT2D eigenvalue weighted by Crippen LogP contribution is 2.35. The largest absolute Gasteiger partial charge is 0.365 e. The highest BCUT2D eigenvalue weighted by molar-refractivity contribution is 5.98. The third-order valence-electron chi connectivity index (χ3n) is 4.61. The molecule has 0 spiro atoms. The molecule has 2 aromatic rings. The summed E-state index contributed by atoms with van der Waals surface area (Å²) in [6.45, 7) is 0. The molecule has 1 aliphatic carbocycles. The zero-order chi connectivity index (χ0) is 19.4. The summed E-state index contributed by atoms with van der Waals surface area (Å²) in [7, 11) is 1.53. The predicted octanol–water partition coefficient (Wildman–Crippen LogP) is 2.51. The minimum absolute atomic E-state index is 0.140. The lowest BCUT2D eigenvalue weighted by Gasteiger charge is -2.38. The Labute approximate surface area is 155 Å². The highest BCUT2D eigenvalue weighted by Gasteiger charge is 2.46. The van der Waals surface area contributed by atoms with Crippen LogP contribution < -0.4 is 21.7 Å². The Morgan fingerprint density at radius 2 is 2.15 bits per heavy atom. The topological polar surface area (TPSA) is 105 Å². The van der Waals surface area contributed by atoms with Crippen molar-refractivity contribution in [2.45, 2.75) is 37.3 Å². The van der Waals surface area contributed by atoms with E-state index in [9.17, 15) is 13.6 Å². The molecule has 2 heterocycles. The first-order valence-corrected chi connectivity index (χ1v) is 8.70. The van der Waals surface area contributed by atoms with Gasteiger partial charge in [-0.2, -0.15) is 0 Å². The number of carbonyl (C=O) groups is 1. The second kappa shape index (κ2) is 7.83. The number of pyridine rings is 2. The summed E-state index contributed by atoms with van der Waals surface area (Å²) < 4.78 is 28.3. The summed E-state index contributed by atoms with van der Waals surface area (Å²) in [6, 6.07) is 5.09. The molecule has 0 radical (unpaired) electrons. The number of halogens is 2. The van der Waals surface area contributed by atoms with Crippen LogP contribution in [0.2, 0.25) is 0 Å². The normalized spacial score (nSPS) is 21.4. The van der Waals surface area contributed by atoms with E-state index in [-0.39, 0.29) is 17.8 Å². The van der Waals surface area contributed by atoms with Crippen LogP contribution in [0.15, 0.2) is 36.7 Å². The molecule has 1 unspecified atom stereocenters. The van der Waals surface area contributed by atoms with Gasteiger partial charge >= 0.3 is 0 Å². The molecule has 1 fully saturated rings.